The number of piperazine rings is 1. The lowest BCUT2D eigenvalue weighted by atomic mass is 10.0. The minimum absolute atomic E-state index is 0.0298. The molecule has 2 atom stereocenters. The number of hydrogen-bond acceptors (Lipinski definition) is 7. The number of aldehydes is 1. The Labute approximate surface area is 164 Å². The molecule has 146 valence electrons. The van der Waals surface area contributed by atoms with Gasteiger partial charge in [-0.1, -0.05) is 29.8 Å². The maximum absolute atomic E-state index is 11.4. The summed E-state index contributed by atoms with van der Waals surface area (Å²) >= 11 is 0. The molecule has 0 saturated carbocycles. The van der Waals surface area contributed by atoms with Gasteiger partial charge in [0.05, 0.1) is 12.2 Å². The van der Waals surface area contributed by atoms with Gasteiger partial charge in [0.25, 0.3) is 5.85 Å². The fourth-order valence-corrected chi connectivity index (χ4v) is 3.63. The highest BCUT2D eigenvalue weighted by Gasteiger charge is 2.48. The molecule has 1 fully saturated rings. The van der Waals surface area contributed by atoms with Gasteiger partial charge in [-0.25, -0.2) is 4.90 Å². The number of ether oxygens (including phenoxy) is 2. The molecule has 2 N–H and O–H groups in total. The monoisotopic (exact) mass is 380 g/mol. The number of carbonyl (C=O) groups excluding carboxylic acids is 1. The fourth-order valence-electron chi connectivity index (χ4n) is 3.63. The average molecular weight is 380 g/mol. The maximum atomic E-state index is 11.4. The first-order valence-electron chi connectivity index (χ1n) is 9.40. The van der Waals surface area contributed by atoms with E-state index in [1.807, 2.05) is 43.3 Å². The van der Waals surface area contributed by atoms with Gasteiger partial charge in [0, 0.05) is 31.4 Å². The number of aromatic nitrogens is 1. The van der Waals surface area contributed by atoms with Gasteiger partial charge in [0.1, 0.15) is 24.3 Å². The van der Waals surface area contributed by atoms with Crippen LogP contribution in [0.25, 0.3) is 0 Å². The van der Waals surface area contributed by atoms with Crippen LogP contribution in [0.15, 0.2) is 60.8 Å². The van der Waals surface area contributed by atoms with E-state index < -0.39 is 5.85 Å². The highest BCUT2D eigenvalue weighted by Crippen LogP contribution is 2.35. The van der Waals surface area contributed by atoms with Gasteiger partial charge < -0.3 is 20.1 Å². The van der Waals surface area contributed by atoms with E-state index in [1.165, 1.54) is 6.26 Å². The highest BCUT2D eigenvalue weighted by atomic mass is 16.5. The molecule has 2 aliphatic heterocycles. The van der Waals surface area contributed by atoms with E-state index in [0.717, 1.165) is 42.8 Å². The van der Waals surface area contributed by atoms with Gasteiger partial charge in [0.15, 0.2) is 6.29 Å². The Bertz CT molecular complexity index is 840. The first-order chi connectivity index (χ1) is 13.7. The van der Waals surface area contributed by atoms with E-state index in [0.29, 0.717) is 12.3 Å². The van der Waals surface area contributed by atoms with Crippen molar-refractivity contribution < 1.29 is 14.3 Å². The minimum atomic E-state index is -0.936. The van der Waals surface area contributed by atoms with Crippen molar-refractivity contribution in [3.63, 3.8) is 0 Å². The lowest BCUT2D eigenvalue weighted by Crippen LogP contribution is -2.65. The second kappa shape index (κ2) is 8.00. The lowest BCUT2D eigenvalue weighted by Gasteiger charge is -2.47. The van der Waals surface area contributed by atoms with E-state index in [4.69, 9.17) is 9.47 Å². The topological polar surface area (TPSA) is 75.7 Å². The third kappa shape index (κ3) is 3.58. The molecule has 0 amide bonds. The van der Waals surface area contributed by atoms with Crippen LogP contribution in [-0.4, -0.2) is 48.5 Å². The van der Waals surface area contributed by atoms with E-state index >= 15 is 0 Å². The van der Waals surface area contributed by atoms with Gasteiger partial charge in [-0.3, -0.25) is 9.78 Å². The Kier molecular flexibility index (Phi) is 5.27. The SMILES string of the molecule is Cc1ccc(C2(N3CCNCC3COc3cccnc3)NC(C=O)=CO2)cc1. The molecule has 1 aromatic carbocycles. The quantitative estimate of drug-likeness (QED) is 0.736. The molecule has 1 saturated heterocycles. The molecule has 0 radical (unpaired) electrons. The van der Waals surface area contributed by atoms with Crippen molar-refractivity contribution in [2.45, 2.75) is 18.8 Å². The number of pyridine rings is 1. The predicted molar refractivity (Wildman–Crippen MR) is 104 cm³/mol. The number of rotatable bonds is 6. The normalized spacial score (nSPS) is 24.8. The van der Waals surface area contributed by atoms with Gasteiger partial charge in [0.2, 0.25) is 0 Å². The zero-order valence-electron chi connectivity index (χ0n) is 15.8. The van der Waals surface area contributed by atoms with Gasteiger partial charge in [-0.15, -0.1) is 0 Å². The molecule has 1 aromatic heterocycles. The first kappa shape index (κ1) is 18.5. The maximum Gasteiger partial charge on any atom is 0.268 e. The fraction of sp³-hybridized carbons (Fsp3) is 0.333. The number of carbonyl (C=O) groups is 1. The second-order valence-electron chi connectivity index (χ2n) is 7.00. The van der Waals surface area contributed by atoms with Crippen molar-refractivity contribution in [1.82, 2.24) is 20.5 Å². The molecule has 0 bridgehead atoms. The number of aryl methyl sites for hydroxylation is 1. The van der Waals surface area contributed by atoms with Gasteiger partial charge in [-0.2, -0.15) is 0 Å². The smallest absolute Gasteiger partial charge is 0.268 e. The van der Waals surface area contributed by atoms with Gasteiger partial charge >= 0.3 is 0 Å². The van der Waals surface area contributed by atoms with Crippen LogP contribution in [0, 0.1) is 6.92 Å². The Morgan fingerprint density at radius 2 is 2.21 bits per heavy atom. The first-order valence-corrected chi connectivity index (χ1v) is 9.40. The van der Waals surface area contributed by atoms with Crippen molar-refractivity contribution in [3.8, 4) is 5.75 Å². The molecule has 0 aliphatic carbocycles. The van der Waals surface area contributed by atoms with Crippen LogP contribution in [0.4, 0.5) is 0 Å². The van der Waals surface area contributed by atoms with Crippen LogP contribution in [0.1, 0.15) is 11.1 Å². The third-order valence-corrected chi connectivity index (χ3v) is 5.07. The molecular weight excluding hydrogens is 356 g/mol. The molecular formula is C21H24N4O3. The van der Waals surface area contributed by atoms with Crippen LogP contribution in [0.2, 0.25) is 0 Å². The standard InChI is InChI=1S/C21H24N4O3/c1-16-4-6-17(7-5-16)21(24-18(13-26)14-28-21)25-10-9-23-11-19(25)15-27-20-3-2-8-22-12-20/h2-8,12-14,19,23-24H,9-11,15H2,1H3. The van der Waals surface area contributed by atoms with Crippen molar-refractivity contribution in [2.24, 2.45) is 0 Å². The van der Waals surface area contributed by atoms with Crippen molar-refractivity contribution in [1.29, 1.82) is 0 Å². The van der Waals surface area contributed by atoms with Gasteiger partial charge in [-0.05, 0) is 19.1 Å². The molecule has 2 aliphatic rings. The van der Waals surface area contributed by atoms with Crippen molar-refractivity contribution in [2.75, 3.05) is 26.2 Å². The highest BCUT2D eigenvalue weighted by molar-refractivity contribution is 5.72. The van der Waals surface area contributed by atoms with Crippen LogP contribution in [0.3, 0.4) is 0 Å². The largest absolute Gasteiger partial charge is 0.490 e. The van der Waals surface area contributed by atoms with Crippen LogP contribution in [-0.2, 0) is 15.4 Å². The third-order valence-electron chi connectivity index (χ3n) is 5.07. The molecule has 2 aromatic rings. The van der Waals surface area contributed by atoms with Crippen molar-refractivity contribution in [3.05, 3.63) is 71.9 Å². The summed E-state index contributed by atoms with van der Waals surface area (Å²) < 4.78 is 12.1. The lowest BCUT2D eigenvalue weighted by molar-refractivity contribution is -0.156. The van der Waals surface area contributed by atoms with Crippen LogP contribution < -0.4 is 15.4 Å². The summed E-state index contributed by atoms with van der Waals surface area (Å²) in [6.07, 6.45) is 5.69. The Morgan fingerprint density at radius 1 is 1.36 bits per heavy atom. The number of nitrogens with zero attached hydrogens (tertiary/aromatic N) is 2. The summed E-state index contributed by atoms with van der Waals surface area (Å²) in [7, 11) is 0. The number of allylic oxidation sites excluding steroid dienone is 1. The second-order valence-corrected chi connectivity index (χ2v) is 7.00. The number of hydrogen-bond donors (Lipinski definition) is 2. The Balaban J connectivity index is 1.61. The van der Waals surface area contributed by atoms with E-state index in [9.17, 15) is 4.79 Å². The summed E-state index contributed by atoms with van der Waals surface area (Å²) in [5, 5.41) is 6.71. The summed E-state index contributed by atoms with van der Waals surface area (Å²) in [6, 6.07) is 11.9. The molecule has 7 heteroatoms. The Hall–Kier alpha value is -2.90. The number of benzene rings is 1. The molecule has 7 nitrogen and oxygen atoms in total. The molecule has 2 unspecified atom stereocenters. The van der Waals surface area contributed by atoms with E-state index in [2.05, 4.69) is 20.5 Å². The minimum Gasteiger partial charge on any atom is -0.490 e. The summed E-state index contributed by atoms with van der Waals surface area (Å²) in [6.45, 7) is 4.81. The Morgan fingerprint density at radius 3 is 2.93 bits per heavy atom. The van der Waals surface area contributed by atoms with E-state index in [-0.39, 0.29) is 6.04 Å². The molecule has 3 heterocycles. The molecule has 4 rings (SSSR count). The van der Waals surface area contributed by atoms with Crippen LogP contribution >= 0.6 is 0 Å². The average Bonchev–Trinajstić information content (AvgIpc) is 3.19. The molecule has 0 spiro atoms. The summed E-state index contributed by atoms with van der Waals surface area (Å²) in [5.41, 5.74) is 2.53. The zero-order chi connectivity index (χ0) is 19.4. The summed E-state index contributed by atoms with van der Waals surface area (Å²) in [4.78, 5) is 17.7. The predicted octanol–water partition coefficient (Wildman–Crippen LogP) is 1.51. The van der Waals surface area contributed by atoms with Crippen LogP contribution in [0.5, 0.6) is 5.75 Å². The molecule has 28 heavy (non-hydrogen) atoms. The zero-order valence-corrected chi connectivity index (χ0v) is 15.8. The van der Waals surface area contributed by atoms with E-state index in [1.54, 1.807) is 12.4 Å². The summed E-state index contributed by atoms with van der Waals surface area (Å²) in [5.74, 6) is -0.209. The number of nitrogens with one attached hydrogen (secondary N) is 2. The van der Waals surface area contributed by atoms with Crippen molar-refractivity contribution >= 4 is 6.29 Å².